The largest absolute Gasteiger partial charge is 0.340 e. The van der Waals surface area contributed by atoms with E-state index in [0.29, 0.717) is 6.04 Å². The lowest BCUT2D eigenvalue weighted by Crippen LogP contribution is -2.41. The van der Waals surface area contributed by atoms with Crippen molar-refractivity contribution in [3.05, 3.63) is 0 Å². The predicted molar refractivity (Wildman–Crippen MR) is 47.7 cm³/mol. The van der Waals surface area contributed by atoms with Gasteiger partial charge < -0.3 is 15.5 Å². The van der Waals surface area contributed by atoms with Crippen molar-refractivity contribution < 1.29 is 4.79 Å². The molecular formula is C8H17N3O. The van der Waals surface area contributed by atoms with Gasteiger partial charge in [0.05, 0.1) is 6.54 Å². The summed E-state index contributed by atoms with van der Waals surface area (Å²) in [5.41, 5.74) is 5.27. The molecule has 0 spiro atoms. The number of likely N-dealkylation sites (tertiary alicyclic amines) is 1. The monoisotopic (exact) mass is 171 g/mol. The molecule has 1 amide bonds. The smallest absolute Gasteiger partial charge is 0.236 e. The Balaban J connectivity index is 2.42. The summed E-state index contributed by atoms with van der Waals surface area (Å²) in [6.07, 6.45) is 1.07. The van der Waals surface area contributed by atoms with Gasteiger partial charge in [-0.1, -0.05) is 0 Å². The van der Waals surface area contributed by atoms with Crippen molar-refractivity contribution in [2.75, 3.05) is 33.7 Å². The van der Waals surface area contributed by atoms with Crippen LogP contribution in [0.3, 0.4) is 0 Å². The topological polar surface area (TPSA) is 49.6 Å². The molecule has 1 aliphatic rings. The van der Waals surface area contributed by atoms with Gasteiger partial charge in [-0.05, 0) is 20.0 Å². The fraction of sp³-hybridized carbons (Fsp3) is 0.875. The van der Waals surface area contributed by atoms with Gasteiger partial charge in [0.15, 0.2) is 0 Å². The van der Waals surface area contributed by atoms with Crippen molar-refractivity contribution in [1.29, 1.82) is 0 Å². The second-order valence-electron chi connectivity index (χ2n) is 3.41. The zero-order chi connectivity index (χ0) is 9.14. The van der Waals surface area contributed by atoms with E-state index in [1.807, 2.05) is 7.05 Å². The van der Waals surface area contributed by atoms with Crippen LogP contribution in [0.5, 0.6) is 0 Å². The van der Waals surface area contributed by atoms with Crippen LogP contribution in [0.4, 0.5) is 0 Å². The van der Waals surface area contributed by atoms with Gasteiger partial charge in [-0.25, -0.2) is 0 Å². The van der Waals surface area contributed by atoms with Gasteiger partial charge in [0.25, 0.3) is 0 Å². The molecule has 1 saturated heterocycles. The second-order valence-corrected chi connectivity index (χ2v) is 3.41. The van der Waals surface area contributed by atoms with E-state index in [2.05, 4.69) is 11.9 Å². The maximum Gasteiger partial charge on any atom is 0.236 e. The number of rotatable bonds is 2. The summed E-state index contributed by atoms with van der Waals surface area (Å²) in [7, 11) is 3.90. The molecule has 1 aliphatic heterocycles. The lowest BCUT2D eigenvalue weighted by molar-refractivity contribution is -0.130. The van der Waals surface area contributed by atoms with Crippen molar-refractivity contribution in [1.82, 2.24) is 9.80 Å². The van der Waals surface area contributed by atoms with E-state index in [0.717, 1.165) is 19.5 Å². The van der Waals surface area contributed by atoms with Crippen LogP contribution in [0.25, 0.3) is 0 Å². The zero-order valence-electron chi connectivity index (χ0n) is 7.79. The summed E-state index contributed by atoms with van der Waals surface area (Å²) < 4.78 is 0. The molecule has 1 atom stereocenters. The normalized spacial score (nSPS) is 24.4. The molecule has 1 fully saturated rings. The third-order valence-electron chi connectivity index (χ3n) is 2.48. The summed E-state index contributed by atoms with van der Waals surface area (Å²) in [5.74, 6) is 0.0373. The van der Waals surface area contributed by atoms with Crippen molar-refractivity contribution in [2.24, 2.45) is 5.73 Å². The molecule has 0 aliphatic carbocycles. The Bertz CT molecular complexity index is 172. The summed E-state index contributed by atoms with van der Waals surface area (Å²) in [5, 5.41) is 0. The quantitative estimate of drug-likeness (QED) is 0.586. The predicted octanol–water partition coefficient (Wildman–Crippen LogP) is -0.892. The number of carbonyl (C=O) groups is 1. The number of hydrogen-bond acceptors (Lipinski definition) is 3. The van der Waals surface area contributed by atoms with Crippen molar-refractivity contribution in [3.8, 4) is 0 Å². The molecule has 0 aromatic rings. The maximum atomic E-state index is 11.2. The summed E-state index contributed by atoms with van der Waals surface area (Å²) in [4.78, 5) is 15.2. The lowest BCUT2D eigenvalue weighted by atomic mass is 10.2. The highest BCUT2D eigenvalue weighted by Crippen LogP contribution is 2.11. The first-order chi connectivity index (χ1) is 5.65. The molecule has 1 heterocycles. The molecule has 0 aromatic heterocycles. The fourth-order valence-corrected chi connectivity index (χ4v) is 1.58. The van der Waals surface area contributed by atoms with Gasteiger partial charge in [0, 0.05) is 19.6 Å². The molecule has 4 heteroatoms. The highest BCUT2D eigenvalue weighted by Gasteiger charge is 2.25. The van der Waals surface area contributed by atoms with Crippen molar-refractivity contribution >= 4 is 5.91 Å². The second kappa shape index (κ2) is 3.87. The fourth-order valence-electron chi connectivity index (χ4n) is 1.58. The average Bonchev–Trinajstić information content (AvgIpc) is 2.49. The van der Waals surface area contributed by atoms with Crippen molar-refractivity contribution in [2.45, 2.75) is 12.5 Å². The average molecular weight is 171 g/mol. The Kier molecular flexibility index (Phi) is 3.05. The number of hydrogen-bond donors (Lipinski definition) is 1. The molecule has 0 bridgehead atoms. The molecule has 0 radical (unpaired) electrons. The van der Waals surface area contributed by atoms with Crippen LogP contribution in [0, 0.1) is 0 Å². The number of amides is 1. The summed E-state index contributed by atoms with van der Waals surface area (Å²) in [6, 6.07) is 0.367. The van der Waals surface area contributed by atoms with E-state index in [1.54, 1.807) is 4.90 Å². The third kappa shape index (κ3) is 1.95. The highest BCUT2D eigenvalue weighted by molar-refractivity contribution is 5.78. The molecule has 0 unspecified atom stereocenters. The molecular weight excluding hydrogens is 154 g/mol. The maximum absolute atomic E-state index is 11.2. The molecule has 70 valence electrons. The molecule has 0 saturated carbocycles. The first-order valence-electron chi connectivity index (χ1n) is 4.29. The van der Waals surface area contributed by atoms with Gasteiger partial charge in [-0.2, -0.15) is 0 Å². The van der Waals surface area contributed by atoms with E-state index >= 15 is 0 Å². The van der Waals surface area contributed by atoms with E-state index < -0.39 is 0 Å². The highest BCUT2D eigenvalue weighted by atomic mass is 16.2. The summed E-state index contributed by atoms with van der Waals surface area (Å²) in [6.45, 7) is 2.17. The minimum Gasteiger partial charge on any atom is -0.340 e. The molecule has 0 aromatic carbocycles. The van der Waals surface area contributed by atoms with Crippen molar-refractivity contribution in [3.63, 3.8) is 0 Å². The first-order valence-corrected chi connectivity index (χ1v) is 4.29. The van der Waals surface area contributed by atoms with E-state index in [1.165, 1.54) is 0 Å². The minimum absolute atomic E-state index is 0.0373. The van der Waals surface area contributed by atoms with Gasteiger partial charge in [0.1, 0.15) is 0 Å². The first kappa shape index (κ1) is 9.48. The minimum atomic E-state index is 0.0373. The van der Waals surface area contributed by atoms with Gasteiger partial charge in [0.2, 0.25) is 5.91 Å². The Labute approximate surface area is 73.3 Å². The Morgan fingerprint density at radius 2 is 2.42 bits per heavy atom. The zero-order valence-corrected chi connectivity index (χ0v) is 7.79. The van der Waals surface area contributed by atoms with Gasteiger partial charge >= 0.3 is 0 Å². The molecule has 12 heavy (non-hydrogen) atoms. The molecule has 4 nitrogen and oxygen atoms in total. The van der Waals surface area contributed by atoms with E-state index in [4.69, 9.17) is 5.73 Å². The number of nitrogens with two attached hydrogens (primary N) is 1. The van der Waals surface area contributed by atoms with Crippen LogP contribution in [0.1, 0.15) is 6.42 Å². The van der Waals surface area contributed by atoms with E-state index in [9.17, 15) is 4.79 Å². The van der Waals surface area contributed by atoms with Crippen LogP contribution >= 0.6 is 0 Å². The van der Waals surface area contributed by atoms with Crippen LogP contribution in [0.2, 0.25) is 0 Å². The number of likely N-dealkylation sites (N-methyl/N-ethyl adjacent to an activating group) is 2. The van der Waals surface area contributed by atoms with Crippen LogP contribution < -0.4 is 5.73 Å². The SMILES string of the molecule is CN1CC[C@@H](N(C)C(=O)CN)C1. The summed E-state index contributed by atoms with van der Waals surface area (Å²) >= 11 is 0. The Hall–Kier alpha value is -0.610. The van der Waals surface area contributed by atoms with Gasteiger partial charge in [-0.3, -0.25) is 4.79 Å². The van der Waals surface area contributed by atoms with Crippen LogP contribution in [-0.2, 0) is 4.79 Å². The lowest BCUT2D eigenvalue weighted by Gasteiger charge is -2.23. The number of carbonyl (C=O) groups excluding carboxylic acids is 1. The number of nitrogens with zero attached hydrogens (tertiary/aromatic N) is 2. The Morgan fingerprint density at radius 3 is 2.83 bits per heavy atom. The molecule has 1 rings (SSSR count). The van der Waals surface area contributed by atoms with Crippen LogP contribution in [0.15, 0.2) is 0 Å². The molecule has 2 N–H and O–H groups in total. The standard InChI is InChI=1S/C8H17N3O/c1-10-4-3-7(6-10)11(2)8(12)5-9/h7H,3-6,9H2,1-2H3/t7-/m1/s1. The Morgan fingerprint density at radius 1 is 1.75 bits per heavy atom. The van der Waals surface area contributed by atoms with Gasteiger partial charge in [-0.15, -0.1) is 0 Å². The third-order valence-corrected chi connectivity index (χ3v) is 2.48. The van der Waals surface area contributed by atoms with Crippen LogP contribution in [-0.4, -0.2) is 55.5 Å². The van der Waals surface area contributed by atoms with E-state index in [-0.39, 0.29) is 12.5 Å².